The number of nitrogens with zero attached hydrogens (tertiary/aromatic N) is 5. The molecule has 34 heavy (non-hydrogen) atoms. The van der Waals surface area contributed by atoms with Crippen molar-refractivity contribution in [1.29, 1.82) is 0 Å². The number of hydrazine groups is 2. The van der Waals surface area contributed by atoms with Crippen LogP contribution in [0, 0.1) is 6.92 Å². The van der Waals surface area contributed by atoms with Crippen LogP contribution in [0.1, 0.15) is 27.2 Å². The summed E-state index contributed by atoms with van der Waals surface area (Å²) >= 11 is 1.43. The molecule has 0 unspecified atom stereocenters. The Hall–Kier alpha value is -3.96. The number of aryl methyl sites for hydroxylation is 1. The first-order chi connectivity index (χ1) is 16.4. The summed E-state index contributed by atoms with van der Waals surface area (Å²) in [6.45, 7) is 6.75. The highest BCUT2D eigenvalue weighted by molar-refractivity contribution is 7.15. The van der Waals surface area contributed by atoms with E-state index in [-0.39, 0.29) is 17.9 Å². The van der Waals surface area contributed by atoms with E-state index in [0.717, 1.165) is 34.0 Å². The molecule has 5 rings (SSSR count). The molecule has 0 spiro atoms. The van der Waals surface area contributed by atoms with Gasteiger partial charge in [0.05, 0.1) is 17.9 Å². The van der Waals surface area contributed by atoms with Crippen molar-refractivity contribution in [3.05, 3.63) is 76.7 Å². The van der Waals surface area contributed by atoms with Gasteiger partial charge in [0.25, 0.3) is 5.91 Å². The van der Waals surface area contributed by atoms with Gasteiger partial charge in [-0.25, -0.2) is 15.8 Å². The number of rotatable bonds is 5. The second kappa shape index (κ2) is 8.76. The van der Waals surface area contributed by atoms with Crippen LogP contribution in [0.25, 0.3) is 5.70 Å². The van der Waals surface area contributed by atoms with Crippen LogP contribution in [-0.4, -0.2) is 57.2 Å². The van der Waals surface area contributed by atoms with Crippen molar-refractivity contribution >= 4 is 40.3 Å². The molecule has 2 aromatic rings. The van der Waals surface area contributed by atoms with Crippen LogP contribution in [0.3, 0.4) is 0 Å². The van der Waals surface area contributed by atoms with Gasteiger partial charge in [0.2, 0.25) is 5.91 Å². The van der Waals surface area contributed by atoms with E-state index in [1.807, 2.05) is 24.1 Å². The Morgan fingerprint density at radius 2 is 2.12 bits per heavy atom. The van der Waals surface area contributed by atoms with E-state index >= 15 is 0 Å². The average Bonchev–Trinajstić information content (AvgIpc) is 3.57. The largest absolute Gasteiger partial charge is 0.337 e. The van der Waals surface area contributed by atoms with E-state index in [9.17, 15) is 9.59 Å². The summed E-state index contributed by atoms with van der Waals surface area (Å²) in [6, 6.07) is 7.34. The number of aromatic nitrogens is 1. The Morgan fingerprint density at radius 1 is 1.32 bits per heavy atom. The number of thiazole rings is 1. The number of anilines is 1. The van der Waals surface area contributed by atoms with Gasteiger partial charge < -0.3 is 4.90 Å². The minimum absolute atomic E-state index is 0.0520. The number of nitrogens with one attached hydrogen (secondary N) is 2. The van der Waals surface area contributed by atoms with E-state index in [1.54, 1.807) is 35.8 Å². The van der Waals surface area contributed by atoms with Crippen LogP contribution >= 0.6 is 11.3 Å². The van der Waals surface area contributed by atoms with Gasteiger partial charge in [-0.3, -0.25) is 30.3 Å². The first-order valence-electron chi connectivity index (χ1n) is 10.8. The standard InChI is InChI=1S/C23H24N8O2S/c1-3-19(32)29-9-8-17(12-29)31-18-11-25-13-30(24)21(18)20(28-31)15-4-6-16(7-5-15)22(33)27-23-26-10-14(2)34-23/h3-7,10-11,13,17,28H,1,8-9,12,24H2,2H3,(H,26,27,33)/t17-/m1/s1. The Labute approximate surface area is 200 Å². The number of aliphatic imine (C=N–C) groups is 1. The van der Waals surface area contributed by atoms with Crippen LogP contribution in [0.4, 0.5) is 5.13 Å². The summed E-state index contributed by atoms with van der Waals surface area (Å²) in [5, 5.41) is 6.88. The van der Waals surface area contributed by atoms with E-state index in [2.05, 4.69) is 27.3 Å². The molecule has 1 atom stereocenters. The number of amides is 2. The molecule has 11 heteroatoms. The quantitative estimate of drug-likeness (QED) is 0.446. The zero-order valence-corrected chi connectivity index (χ0v) is 19.4. The summed E-state index contributed by atoms with van der Waals surface area (Å²) in [7, 11) is 0. The van der Waals surface area contributed by atoms with Gasteiger partial charge in [0.15, 0.2) is 5.13 Å². The summed E-state index contributed by atoms with van der Waals surface area (Å²) in [6.07, 6.45) is 7.17. The van der Waals surface area contributed by atoms with Crippen molar-refractivity contribution in [1.82, 2.24) is 25.3 Å². The maximum absolute atomic E-state index is 12.6. The van der Waals surface area contributed by atoms with Crippen molar-refractivity contribution in [3.8, 4) is 0 Å². The molecule has 0 saturated carbocycles. The SMILES string of the molecule is C=CC(=O)N1CC[C@@H](N2NC(c3ccc(C(=O)Nc4ncc(C)s4)cc3)=C3C2=CN=CN3N)C1. The Morgan fingerprint density at radius 3 is 2.82 bits per heavy atom. The highest BCUT2D eigenvalue weighted by atomic mass is 32.1. The maximum atomic E-state index is 12.6. The zero-order valence-electron chi connectivity index (χ0n) is 18.6. The molecule has 10 nitrogen and oxygen atoms in total. The predicted octanol–water partition coefficient (Wildman–Crippen LogP) is 2.04. The molecule has 0 aliphatic carbocycles. The minimum Gasteiger partial charge on any atom is -0.337 e. The number of hydrogen-bond donors (Lipinski definition) is 3. The molecule has 4 N–H and O–H groups in total. The highest BCUT2D eigenvalue weighted by Crippen LogP contribution is 2.36. The molecule has 1 aromatic heterocycles. The van der Waals surface area contributed by atoms with Crippen molar-refractivity contribution in [2.45, 2.75) is 19.4 Å². The fourth-order valence-electron chi connectivity index (χ4n) is 4.24. The molecular formula is C23H24N8O2S. The molecule has 0 bridgehead atoms. The summed E-state index contributed by atoms with van der Waals surface area (Å²) in [5.41, 5.74) is 7.26. The zero-order chi connectivity index (χ0) is 23.8. The number of benzene rings is 1. The number of nitrogens with two attached hydrogens (primary N) is 1. The van der Waals surface area contributed by atoms with Crippen molar-refractivity contribution in [2.24, 2.45) is 10.8 Å². The van der Waals surface area contributed by atoms with E-state index in [0.29, 0.717) is 23.8 Å². The van der Waals surface area contributed by atoms with Crippen LogP contribution in [0.15, 0.2) is 65.7 Å². The third-order valence-corrected chi connectivity index (χ3v) is 6.74. The van der Waals surface area contributed by atoms with E-state index < -0.39 is 0 Å². The molecule has 1 saturated heterocycles. The summed E-state index contributed by atoms with van der Waals surface area (Å²) < 4.78 is 0. The van der Waals surface area contributed by atoms with Crippen molar-refractivity contribution in [2.75, 3.05) is 18.4 Å². The number of hydrogen-bond acceptors (Lipinski definition) is 9. The summed E-state index contributed by atoms with van der Waals surface area (Å²) in [5.74, 6) is 5.95. The molecule has 4 heterocycles. The third-order valence-electron chi connectivity index (χ3n) is 5.91. The fourth-order valence-corrected chi connectivity index (χ4v) is 4.89. The first kappa shape index (κ1) is 21.9. The molecule has 1 fully saturated rings. The molecular weight excluding hydrogens is 452 g/mol. The molecule has 1 aromatic carbocycles. The summed E-state index contributed by atoms with van der Waals surface area (Å²) in [4.78, 5) is 35.9. The molecule has 174 valence electrons. The number of carbonyl (C=O) groups excluding carboxylic acids is 2. The maximum Gasteiger partial charge on any atom is 0.257 e. The first-order valence-corrected chi connectivity index (χ1v) is 11.6. The van der Waals surface area contributed by atoms with Gasteiger partial charge in [-0.05, 0) is 31.6 Å². The fraction of sp³-hybridized carbons (Fsp3) is 0.217. The van der Waals surface area contributed by atoms with Gasteiger partial charge in [-0.1, -0.05) is 18.7 Å². The lowest BCUT2D eigenvalue weighted by molar-refractivity contribution is -0.125. The molecule has 0 radical (unpaired) electrons. The predicted molar refractivity (Wildman–Crippen MR) is 131 cm³/mol. The lowest BCUT2D eigenvalue weighted by Crippen LogP contribution is -2.43. The third kappa shape index (κ3) is 3.95. The number of fused-ring (bicyclic) bond motifs is 1. The molecule has 3 aliphatic rings. The number of likely N-dealkylation sites (tertiary alicyclic amines) is 1. The van der Waals surface area contributed by atoms with Crippen LogP contribution in [0.5, 0.6) is 0 Å². The Kier molecular flexibility index (Phi) is 5.64. The second-order valence-electron chi connectivity index (χ2n) is 8.13. The molecule has 2 amide bonds. The van der Waals surface area contributed by atoms with Gasteiger partial charge >= 0.3 is 0 Å². The van der Waals surface area contributed by atoms with Crippen molar-refractivity contribution < 1.29 is 9.59 Å². The lowest BCUT2D eigenvalue weighted by atomic mass is 10.1. The monoisotopic (exact) mass is 476 g/mol. The topological polar surface area (TPSA) is 119 Å². The number of carbonyl (C=O) groups is 2. The minimum atomic E-state index is -0.219. The highest BCUT2D eigenvalue weighted by Gasteiger charge is 2.39. The Bertz CT molecular complexity index is 1250. The van der Waals surface area contributed by atoms with Crippen LogP contribution in [-0.2, 0) is 4.79 Å². The molecule has 3 aliphatic heterocycles. The van der Waals surface area contributed by atoms with Crippen LogP contribution < -0.4 is 16.6 Å². The van der Waals surface area contributed by atoms with E-state index in [1.165, 1.54) is 22.4 Å². The van der Waals surface area contributed by atoms with Gasteiger partial charge in [0.1, 0.15) is 17.7 Å². The normalized spacial score (nSPS) is 19.2. The smallest absolute Gasteiger partial charge is 0.257 e. The van der Waals surface area contributed by atoms with Gasteiger partial charge in [-0.2, -0.15) is 0 Å². The van der Waals surface area contributed by atoms with E-state index in [4.69, 9.17) is 5.84 Å². The average molecular weight is 477 g/mol. The van der Waals surface area contributed by atoms with Gasteiger partial charge in [-0.15, -0.1) is 11.3 Å². The Balaban J connectivity index is 1.37. The second-order valence-corrected chi connectivity index (χ2v) is 9.36. The van der Waals surface area contributed by atoms with Crippen molar-refractivity contribution in [3.63, 3.8) is 0 Å². The lowest BCUT2D eigenvalue weighted by Gasteiger charge is -2.30. The van der Waals surface area contributed by atoms with Gasteiger partial charge in [0, 0.05) is 35.3 Å². The van der Waals surface area contributed by atoms with Crippen LogP contribution in [0.2, 0.25) is 0 Å².